The average Bonchev–Trinajstić information content (AvgIpc) is 1.83. The number of hydrogen-bond acceptors (Lipinski definition) is 1. The van der Waals surface area contributed by atoms with Gasteiger partial charge in [0.2, 0.25) is 0 Å². The van der Waals surface area contributed by atoms with Crippen molar-refractivity contribution in [2.75, 3.05) is 7.05 Å². The van der Waals surface area contributed by atoms with Crippen LogP contribution in [-0.4, -0.2) is 16.0 Å². The summed E-state index contributed by atoms with van der Waals surface area (Å²) in [5.41, 5.74) is 0. The summed E-state index contributed by atoms with van der Waals surface area (Å²) < 4.78 is 0. The Morgan fingerprint density at radius 3 is 2.12 bits per heavy atom. The molecule has 0 fully saturated rings. The Labute approximate surface area is 54.2 Å². The second-order valence-electron chi connectivity index (χ2n) is 2.18. The highest BCUT2D eigenvalue weighted by molar-refractivity contribution is 6.55. The summed E-state index contributed by atoms with van der Waals surface area (Å²) in [5, 5.41) is 0. The molecule has 0 radical (unpaired) electrons. The van der Waals surface area contributed by atoms with E-state index in [4.69, 9.17) is 0 Å². The van der Waals surface area contributed by atoms with Gasteiger partial charge < -0.3 is 4.98 Å². The lowest BCUT2D eigenvalue weighted by Crippen LogP contribution is -2.28. The summed E-state index contributed by atoms with van der Waals surface area (Å²) >= 11 is 0. The Bertz CT molecular complexity index is 43.8. The first-order valence-electron chi connectivity index (χ1n) is 3.52. The zero-order chi connectivity index (χ0) is 6.41. The highest BCUT2D eigenvalue weighted by atomic mass is 28.3. The van der Waals surface area contributed by atoms with E-state index in [2.05, 4.69) is 25.9 Å². The molecule has 1 atom stereocenters. The van der Waals surface area contributed by atoms with Crippen LogP contribution >= 0.6 is 0 Å². The maximum absolute atomic E-state index is 3.39. The fraction of sp³-hybridized carbons (Fsp3) is 1.00. The molecule has 50 valence electrons. The van der Waals surface area contributed by atoms with E-state index in [1.165, 1.54) is 18.5 Å². The van der Waals surface area contributed by atoms with Crippen LogP contribution in [0, 0.1) is 0 Å². The van der Waals surface area contributed by atoms with Crippen molar-refractivity contribution in [1.29, 1.82) is 0 Å². The Hall–Kier alpha value is 0.177. The number of nitrogens with one attached hydrogen (secondary N) is 1. The number of rotatable bonds is 4. The first kappa shape index (κ1) is 8.18. The standard InChI is InChI=1S/C6H17NSi/c1-4-6-8(5-2)7-3/h7-8H,4-6H2,1-3H3. The van der Waals surface area contributed by atoms with Crippen LogP contribution in [0.2, 0.25) is 12.1 Å². The topological polar surface area (TPSA) is 12.0 Å². The lowest BCUT2D eigenvalue weighted by Gasteiger charge is -2.08. The molecule has 0 aliphatic heterocycles. The Morgan fingerprint density at radius 2 is 2.00 bits per heavy atom. The minimum Gasteiger partial charge on any atom is -0.342 e. The van der Waals surface area contributed by atoms with Crippen LogP contribution in [-0.2, 0) is 0 Å². The van der Waals surface area contributed by atoms with E-state index < -0.39 is 8.96 Å². The van der Waals surface area contributed by atoms with Gasteiger partial charge in [-0.1, -0.05) is 20.3 Å². The van der Waals surface area contributed by atoms with Gasteiger partial charge in [0.1, 0.15) is 8.96 Å². The summed E-state index contributed by atoms with van der Waals surface area (Å²) in [5.74, 6) is 0. The highest BCUT2D eigenvalue weighted by Gasteiger charge is 2.00. The van der Waals surface area contributed by atoms with Crippen LogP contribution in [0.5, 0.6) is 0 Å². The van der Waals surface area contributed by atoms with E-state index >= 15 is 0 Å². The molecule has 0 bridgehead atoms. The van der Waals surface area contributed by atoms with Crippen molar-refractivity contribution >= 4 is 8.96 Å². The molecule has 0 aromatic rings. The van der Waals surface area contributed by atoms with E-state index in [0.717, 1.165) is 0 Å². The van der Waals surface area contributed by atoms with Crippen molar-refractivity contribution < 1.29 is 0 Å². The summed E-state index contributed by atoms with van der Waals surface area (Å²) in [6, 6.07) is 2.84. The molecule has 1 unspecified atom stereocenters. The third-order valence-electron chi connectivity index (χ3n) is 1.54. The Kier molecular flexibility index (Phi) is 5.43. The van der Waals surface area contributed by atoms with E-state index in [-0.39, 0.29) is 0 Å². The Morgan fingerprint density at radius 1 is 1.38 bits per heavy atom. The maximum Gasteiger partial charge on any atom is 0.108 e. The Balaban J connectivity index is 3.07. The maximum atomic E-state index is 3.39. The summed E-state index contributed by atoms with van der Waals surface area (Å²) in [4.78, 5) is 3.39. The molecule has 1 N–H and O–H groups in total. The van der Waals surface area contributed by atoms with Crippen LogP contribution in [0.3, 0.4) is 0 Å². The molecule has 1 nitrogen and oxygen atoms in total. The van der Waals surface area contributed by atoms with Gasteiger partial charge in [0, 0.05) is 0 Å². The van der Waals surface area contributed by atoms with E-state index in [9.17, 15) is 0 Å². The van der Waals surface area contributed by atoms with Crippen LogP contribution in [0.25, 0.3) is 0 Å². The number of hydrogen-bond donors (Lipinski definition) is 1. The van der Waals surface area contributed by atoms with Gasteiger partial charge >= 0.3 is 0 Å². The van der Waals surface area contributed by atoms with E-state index in [0.29, 0.717) is 0 Å². The average molecular weight is 131 g/mol. The van der Waals surface area contributed by atoms with E-state index in [1.807, 2.05) is 0 Å². The molecule has 0 amide bonds. The van der Waals surface area contributed by atoms with Crippen molar-refractivity contribution in [2.45, 2.75) is 32.4 Å². The predicted octanol–water partition coefficient (Wildman–Crippen LogP) is 1.36. The summed E-state index contributed by atoms with van der Waals surface area (Å²) in [7, 11) is 1.65. The van der Waals surface area contributed by atoms with Crippen LogP contribution < -0.4 is 4.98 Å². The molecule has 0 saturated carbocycles. The van der Waals surface area contributed by atoms with Crippen molar-refractivity contribution in [2.24, 2.45) is 0 Å². The van der Waals surface area contributed by atoms with Gasteiger partial charge in [0.15, 0.2) is 0 Å². The molecule has 0 aliphatic rings. The smallest absolute Gasteiger partial charge is 0.108 e. The van der Waals surface area contributed by atoms with Crippen LogP contribution in [0.4, 0.5) is 0 Å². The second kappa shape index (κ2) is 5.32. The molecule has 8 heavy (non-hydrogen) atoms. The van der Waals surface area contributed by atoms with Gasteiger partial charge in [-0.15, -0.1) is 0 Å². The molecule has 0 saturated heterocycles. The molecular weight excluding hydrogens is 114 g/mol. The third kappa shape index (κ3) is 3.21. The highest BCUT2D eigenvalue weighted by Crippen LogP contribution is 1.96. The fourth-order valence-corrected chi connectivity index (χ4v) is 2.70. The van der Waals surface area contributed by atoms with E-state index in [1.54, 1.807) is 0 Å². The predicted molar refractivity (Wildman–Crippen MR) is 41.8 cm³/mol. The monoisotopic (exact) mass is 131 g/mol. The minimum atomic E-state index is -0.442. The molecule has 2 heteroatoms. The molecule has 0 heterocycles. The van der Waals surface area contributed by atoms with Gasteiger partial charge in [-0.3, -0.25) is 0 Å². The van der Waals surface area contributed by atoms with Crippen molar-refractivity contribution in [1.82, 2.24) is 4.98 Å². The largest absolute Gasteiger partial charge is 0.342 e. The zero-order valence-corrected chi connectivity index (χ0v) is 7.35. The molecular formula is C6H17NSi. The molecule has 0 aliphatic carbocycles. The summed E-state index contributed by atoms with van der Waals surface area (Å²) in [6.07, 6.45) is 1.35. The molecule has 0 aromatic heterocycles. The normalized spacial score (nSPS) is 13.9. The van der Waals surface area contributed by atoms with Gasteiger partial charge in [-0.05, 0) is 19.1 Å². The van der Waals surface area contributed by atoms with Crippen molar-refractivity contribution in [3.63, 3.8) is 0 Å². The van der Waals surface area contributed by atoms with Crippen LogP contribution in [0.1, 0.15) is 20.3 Å². The third-order valence-corrected chi connectivity index (χ3v) is 4.61. The van der Waals surface area contributed by atoms with Gasteiger partial charge in [-0.25, -0.2) is 0 Å². The fourth-order valence-electron chi connectivity index (χ4n) is 0.901. The lowest BCUT2D eigenvalue weighted by atomic mass is 10.6. The van der Waals surface area contributed by atoms with Crippen LogP contribution in [0.15, 0.2) is 0 Å². The molecule has 0 aromatic carbocycles. The molecule has 0 rings (SSSR count). The lowest BCUT2D eigenvalue weighted by molar-refractivity contribution is 1.01. The van der Waals surface area contributed by atoms with Gasteiger partial charge in [0.25, 0.3) is 0 Å². The first-order valence-corrected chi connectivity index (χ1v) is 5.73. The second-order valence-corrected chi connectivity index (χ2v) is 5.55. The van der Waals surface area contributed by atoms with Gasteiger partial charge in [-0.2, -0.15) is 0 Å². The van der Waals surface area contributed by atoms with Crippen molar-refractivity contribution in [3.8, 4) is 0 Å². The quantitative estimate of drug-likeness (QED) is 0.568. The first-order chi connectivity index (χ1) is 3.85. The van der Waals surface area contributed by atoms with Crippen molar-refractivity contribution in [3.05, 3.63) is 0 Å². The minimum absolute atomic E-state index is 0.442. The molecule has 0 spiro atoms. The summed E-state index contributed by atoms with van der Waals surface area (Å²) in [6.45, 7) is 4.54. The SMILES string of the molecule is CCC[SiH](CC)NC. The zero-order valence-electron chi connectivity index (χ0n) is 6.20. The van der Waals surface area contributed by atoms with Gasteiger partial charge in [0.05, 0.1) is 0 Å².